The lowest BCUT2D eigenvalue weighted by atomic mass is 9.64. The van der Waals surface area contributed by atoms with E-state index in [9.17, 15) is 5.11 Å². The highest BCUT2D eigenvalue weighted by Gasteiger charge is 2.42. The summed E-state index contributed by atoms with van der Waals surface area (Å²) in [6, 6.07) is 0. The molecule has 0 aliphatic heterocycles. The van der Waals surface area contributed by atoms with Crippen molar-refractivity contribution in [2.45, 2.75) is 72.3 Å². The molecule has 0 aromatic carbocycles. The predicted octanol–water partition coefficient (Wildman–Crippen LogP) is 4.62. The zero-order valence-corrected chi connectivity index (χ0v) is 12.1. The van der Waals surface area contributed by atoms with Crippen LogP contribution in [0.15, 0.2) is 23.3 Å². The van der Waals surface area contributed by atoms with E-state index in [1.807, 2.05) is 6.92 Å². The van der Waals surface area contributed by atoms with Crippen molar-refractivity contribution in [3.8, 4) is 0 Å². The van der Waals surface area contributed by atoms with Gasteiger partial charge in [0.1, 0.15) is 0 Å². The highest BCUT2D eigenvalue weighted by molar-refractivity contribution is 5.10. The number of allylic oxidation sites excluding steroid dienone is 4. The zero-order chi connectivity index (χ0) is 13.1. The van der Waals surface area contributed by atoms with E-state index in [0.717, 1.165) is 32.1 Å². The minimum absolute atomic E-state index is 0.0436. The van der Waals surface area contributed by atoms with E-state index in [2.05, 4.69) is 39.8 Å². The van der Waals surface area contributed by atoms with Gasteiger partial charge < -0.3 is 5.11 Å². The van der Waals surface area contributed by atoms with Crippen molar-refractivity contribution in [2.75, 3.05) is 0 Å². The quantitative estimate of drug-likeness (QED) is 0.706. The van der Waals surface area contributed by atoms with Crippen LogP contribution in [0.2, 0.25) is 0 Å². The lowest BCUT2D eigenvalue weighted by molar-refractivity contribution is -0.0721. The Morgan fingerprint density at radius 2 is 2.18 bits per heavy atom. The van der Waals surface area contributed by atoms with Gasteiger partial charge in [0, 0.05) is 0 Å². The molecule has 1 N–H and O–H groups in total. The second-order valence-corrected chi connectivity index (χ2v) is 6.41. The van der Waals surface area contributed by atoms with Gasteiger partial charge in [-0.15, -0.1) is 0 Å². The topological polar surface area (TPSA) is 20.2 Å². The molecule has 98 valence electrons. The zero-order valence-electron chi connectivity index (χ0n) is 12.1. The van der Waals surface area contributed by atoms with Gasteiger partial charge in [-0.25, -0.2) is 0 Å². The Morgan fingerprint density at radius 1 is 1.53 bits per heavy atom. The largest absolute Gasteiger partial charge is 0.390 e. The van der Waals surface area contributed by atoms with Crippen molar-refractivity contribution in [2.24, 2.45) is 5.41 Å². The van der Waals surface area contributed by atoms with Gasteiger partial charge in [0.05, 0.1) is 5.60 Å². The summed E-state index contributed by atoms with van der Waals surface area (Å²) in [4.78, 5) is 0. The molecule has 0 spiro atoms. The fourth-order valence-electron chi connectivity index (χ4n) is 2.51. The van der Waals surface area contributed by atoms with E-state index in [-0.39, 0.29) is 5.41 Å². The van der Waals surface area contributed by atoms with Gasteiger partial charge in [-0.05, 0) is 65.2 Å². The fraction of sp³-hybridized carbons (Fsp3) is 0.750. The van der Waals surface area contributed by atoms with Crippen LogP contribution in [0.25, 0.3) is 0 Å². The molecular formula is C16H28O. The summed E-state index contributed by atoms with van der Waals surface area (Å²) in [6.07, 6.45) is 9.63. The summed E-state index contributed by atoms with van der Waals surface area (Å²) in [5.74, 6) is 0. The van der Waals surface area contributed by atoms with E-state index in [1.54, 1.807) is 0 Å². The maximum Gasteiger partial charge on any atom is 0.0679 e. The first-order valence-corrected chi connectivity index (χ1v) is 6.78. The Balaban J connectivity index is 2.66. The van der Waals surface area contributed by atoms with E-state index in [1.165, 1.54) is 11.1 Å². The van der Waals surface area contributed by atoms with Crippen LogP contribution < -0.4 is 0 Å². The van der Waals surface area contributed by atoms with Gasteiger partial charge >= 0.3 is 0 Å². The van der Waals surface area contributed by atoms with Gasteiger partial charge in [-0.3, -0.25) is 0 Å². The molecule has 0 unspecified atom stereocenters. The van der Waals surface area contributed by atoms with Crippen molar-refractivity contribution in [3.63, 3.8) is 0 Å². The number of hydrogen-bond donors (Lipinski definition) is 1. The van der Waals surface area contributed by atoms with Crippen LogP contribution in [-0.4, -0.2) is 10.7 Å². The number of rotatable bonds is 4. The highest BCUT2D eigenvalue weighted by atomic mass is 16.3. The van der Waals surface area contributed by atoms with Crippen molar-refractivity contribution >= 4 is 0 Å². The van der Waals surface area contributed by atoms with Crippen LogP contribution in [0.5, 0.6) is 0 Å². The first-order chi connectivity index (χ1) is 7.77. The normalized spacial score (nSPS) is 28.2. The van der Waals surface area contributed by atoms with Gasteiger partial charge in [0.25, 0.3) is 0 Å². The molecular weight excluding hydrogens is 208 g/mol. The van der Waals surface area contributed by atoms with Crippen molar-refractivity contribution in [1.82, 2.24) is 0 Å². The average Bonchev–Trinajstić information content (AvgIpc) is 2.21. The summed E-state index contributed by atoms with van der Waals surface area (Å²) >= 11 is 0. The first kappa shape index (κ1) is 14.5. The Kier molecular flexibility index (Phi) is 4.60. The van der Waals surface area contributed by atoms with Crippen LogP contribution in [0.4, 0.5) is 0 Å². The number of hydrogen-bond acceptors (Lipinski definition) is 1. The van der Waals surface area contributed by atoms with Crippen LogP contribution in [0.3, 0.4) is 0 Å². The number of aliphatic hydroxyl groups is 1. The Bertz CT molecular complexity index is 318. The lowest BCUT2D eigenvalue weighted by Gasteiger charge is -2.45. The summed E-state index contributed by atoms with van der Waals surface area (Å²) in [5.41, 5.74) is 2.30. The standard InChI is InChI=1S/C16H28O/c1-13(2)7-6-10-16(5,17)15(4)11-8-14(3)9-12-15/h7-8,17H,6,9-12H2,1-5H3/t15-,16-/m1/s1. The molecule has 0 aromatic heterocycles. The Hall–Kier alpha value is -0.560. The molecule has 1 heteroatoms. The molecule has 1 nitrogen and oxygen atoms in total. The Morgan fingerprint density at radius 3 is 2.65 bits per heavy atom. The third kappa shape index (κ3) is 3.70. The second kappa shape index (κ2) is 5.39. The molecule has 0 radical (unpaired) electrons. The van der Waals surface area contributed by atoms with Crippen LogP contribution >= 0.6 is 0 Å². The smallest absolute Gasteiger partial charge is 0.0679 e. The van der Waals surface area contributed by atoms with Gasteiger partial charge in [-0.1, -0.05) is 30.2 Å². The average molecular weight is 236 g/mol. The van der Waals surface area contributed by atoms with Crippen LogP contribution in [0.1, 0.15) is 66.7 Å². The highest BCUT2D eigenvalue weighted by Crippen LogP contribution is 2.45. The first-order valence-electron chi connectivity index (χ1n) is 6.78. The summed E-state index contributed by atoms with van der Waals surface area (Å²) in [5, 5.41) is 10.7. The third-order valence-electron chi connectivity index (χ3n) is 4.46. The molecule has 0 amide bonds. The molecule has 0 aromatic rings. The van der Waals surface area contributed by atoms with E-state index >= 15 is 0 Å². The van der Waals surface area contributed by atoms with E-state index < -0.39 is 5.60 Å². The molecule has 1 rings (SSSR count). The maximum atomic E-state index is 10.7. The molecule has 0 fully saturated rings. The molecule has 1 aliphatic rings. The predicted molar refractivity (Wildman–Crippen MR) is 75.0 cm³/mol. The molecule has 0 bridgehead atoms. The van der Waals surface area contributed by atoms with Gasteiger partial charge in [-0.2, -0.15) is 0 Å². The SMILES string of the molecule is CC(C)=CCC[C@@](C)(O)[C@]1(C)CC=C(C)CC1. The minimum Gasteiger partial charge on any atom is -0.390 e. The maximum absolute atomic E-state index is 10.7. The molecule has 1 aliphatic carbocycles. The molecule has 0 saturated heterocycles. The molecule has 0 saturated carbocycles. The van der Waals surface area contributed by atoms with Crippen molar-refractivity contribution in [1.29, 1.82) is 0 Å². The molecule has 17 heavy (non-hydrogen) atoms. The van der Waals surface area contributed by atoms with Crippen molar-refractivity contribution in [3.05, 3.63) is 23.3 Å². The van der Waals surface area contributed by atoms with Gasteiger partial charge in [0.2, 0.25) is 0 Å². The lowest BCUT2D eigenvalue weighted by Crippen LogP contribution is -2.44. The second-order valence-electron chi connectivity index (χ2n) is 6.41. The van der Waals surface area contributed by atoms with Crippen molar-refractivity contribution < 1.29 is 5.11 Å². The summed E-state index contributed by atoms with van der Waals surface area (Å²) in [6.45, 7) is 10.7. The van der Waals surface area contributed by atoms with Crippen LogP contribution in [0, 0.1) is 5.41 Å². The van der Waals surface area contributed by atoms with E-state index in [4.69, 9.17) is 0 Å². The fourth-order valence-corrected chi connectivity index (χ4v) is 2.51. The third-order valence-corrected chi connectivity index (χ3v) is 4.46. The monoisotopic (exact) mass is 236 g/mol. The van der Waals surface area contributed by atoms with Crippen LogP contribution in [-0.2, 0) is 0 Å². The van der Waals surface area contributed by atoms with Gasteiger partial charge in [0.15, 0.2) is 0 Å². The summed E-state index contributed by atoms with van der Waals surface area (Å²) < 4.78 is 0. The molecule has 0 heterocycles. The summed E-state index contributed by atoms with van der Waals surface area (Å²) in [7, 11) is 0. The minimum atomic E-state index is -0.559. The molecule has 2 atom stereocenters. The van der Waals surface area contributed by atoms with E-state index in [0.29, 0.717) is 0 Å². The Labute approximate surface area is 107 Å².